The quantitative estimate of drug-likeness (QED) is 0.527. The van der Waals surface area contributed by atoms with Crippen LogP contribution < -0.4 is 9.47 Å². The lowest BCUT2D eigenvalue weighted by Crippen LogP contribution is -2.64. The molecule has 0 aliphatic carbocycles. The van der Waals surface area contributed by atoms with Crippen molar-refractivity contribution >= 4 is 0 Å². The van der Waals surface area contributed by atoms with E-state index in [9.17, 15) is 5.11 Å². The summed E-state index contributed by atoms with van der Waals surface area (Å²) in [6.45, 7) is 9.43. The summed E-state index contributed by atoms with van der Waals surface area (Å²) in [4.78, 5) is 0. The Balaban J connectivity index is 1.21. The minimum absolute atomic E-state index is 0.0784. The Bertz CT molecular complexity index is 1130. The maximum Gasteiger partial charge on any atom is 0.231 e. The summed E-state index contributed by atoms with van der Waals surface area (Å²) < 4.78 is 48.8. The second-order valence-electron chi connectivity index (χ2n) is 11.3. The number of hydrogen-bond donors (Lipinski definition) is 1. The predicted octanol–water partition coefficient (Wildman–Crippen LogP) is 4.56. The van der Waals surface area contributed by atoms with E-state index >= 15 is 0 Å². The fourth-order valence-electron chi connectivity index (χ4n) is 6.11. The highest BCUT2D eigenvalue weighted by Crippen LogP contribution is 2.41. The summed E-state index contributed by atoms with van der Waals surface area (Å²) in [7, 11) is 0. The highest BCUT2D eigenvalue weighted by Gasteiger charge is 2.53. The van der Waals surface area contributed by atoms with E-state index in [0.29, 0.717) is 23.3 Å². The molecule has 0 saturated carbocycles. The lowest BCUT2D eigenvalue weighted by atomic mass is 9.78. The second-order valence-corrected chi connectivity index (χ2v) is 11.3. The van der Waals surface area contributed by atoms with E-state index in [1.807, 2.05) is 48.5 Å². The standard InChI is InChI=1S/C31H40O9/c1-5-22-18(3)17(2)19(4)29(37-22)40-28-26(32)31(33-14-20-11-12-23-24(13-20)36-16-35-23)38-25-15-34-30(39-27(25)28)21-9-7-6-8-10-21/h6-13,17-19,22,25-32H,5,14-16H2,1-4H3/t17-,18?,19-,22?,25?,26-,27?,28+,29?,30?,31?/m0/s1. The van der Waals surface area contributed by atoms with Crippen molar-refractivity contribution in [2.45, 2.75) is 90.1 Å². The van der Waals surface area contributed by atoms with Crippen LogP contribution in [-0.4, -0.2) is 61.6 Å². The van der Waals surface area contributed by atoms with Gasteiger partial charge in [-0.05, 0) is 36.0 Å². The molecule has 4 heterocycles. The normalized spacial score (nSPS) is 39.1. The molecular formula is C31H40O9. The molecule has 0 amide bonds. The van der Waals surface area contributed by atoms with Crippen LogP contribution in [0.1, 0.15) is 51.5 Å². The second kappa shape index (κ2) is 11.9. The lowest BCUT2D eigenvalue weighted by Gasteiger charge is -2.50. The summed E-state index contributed by atoms with van der Waals surface area (Å²) in [6, 6.07) is 15.4. The SMILES string of the molecule is CCC1OC(O[C@H]2C3OC(c4ccccc4)OCC3OC(OCc3ccc4c(c3)OCO4)[C@H]2O)[C@@H](C)[C@@H](C)C1C. The van der Waals surface area contributed by atoms with Gasteiger partial charge in [-0.15, -0.1) is 0 Å². The van der Waals surface area contributed by atoms with Crippen molar-refractivity contribution in [3.05, 3.63) is 59.7 Å². The third-order valence-corrected chi connectivity index (χ3v) is 8.91. The molecule has 40 heavy (non-hydrogen) atoms. The van der Waals surface area contributed by atoms with Crippen LogP contribution in [-0.2, 0) is 35.0 Å². The zero-order chi connectivity index (χ0) is 27.8. The van der Waals surface area contributed by atoms with Crippen LogP contribution in [0.4, 0.5) is 0 Å². The molecule has 3 fully saturated rings. The molecule has 6 rings (SSSR count). The molecule has 3 saturated heterocycles. The molecule has 7 unspecified atom stereocenters. The first-order chi connectivity index (χ1) is 19.4. The Labute approximate surface area is 235 Å². The van der Waals surface area contributed by atoms with Gasteiger partial charge >= 0.3 is 0 Å². The van der Waals surface area contributed by atoms with E-state index in [2.05, 4.69) is 27.7 Å². The molecule has 9 nitrogen and oxygen atoms in total. The van der Waals surface area contributed by atoms with Gasteiger partial charge in [-0.25, -0.2) is 0 Å². The van der Waals surface area contributed by atoms with Crippen LogP contribution in [0.3, 0.4) is 0 Å². The summed E-state index contributed by atoms with van der Waals surface area (Å²) >= 11 is 0. The maximum atomic E-state index is 11.6. The van der Waals surface area contributed by atoms with Gasteiger partial charge in [0.05, 0.1) is 19.3 Å². The number of ether oxygens (including phenoxy) is 8. The molecule has 2 aromatic carbocycles. The van der Waals surface area contributed by atoms with Crippen molar-refractivity contribution in [2.75, 3.05) is 13.4 Å². The van der Waals surface area contributed by atoms with Crippen molar-refractivity contribution in [2.24, 2.45) is 17.8 Å². The number of rotatable bonds is 7. The van der Waals surface area contributed by atoms with Crippen LogP contribution in [0.2, 0.25) is 0 Å². The topological polar surface area (TPSA) is 94.1 Å². The Morgan fingerprint density at radius 3 is 2.48 bits per heavy atom. The van der Waals surface area contributed by atoms with Crippen molar-refractivity contribution in [3.8, 4) is 11.5 Å². The average Bonchev–Trinajstić information content (AvgIpc) is 3.46. The zero-order valence-corrected chi connectivity index (χ0v) is 23.5. The number of fused-ring (bicyclic) bond motifs is 2. The van der Waals surface area contributed by atoms with Gasteiger partial charge in [0.2, 0.25) is 6.79 Å². The first-order valence-corrected chi connectivity index (χ1v) is 14.4. The molecule has 2 aromatic rings. The first-order valence-electron chi connectivity index (χ1n) is 14.4. The largest absolute Gasteiger partial charge is 0.454 e. The highest BCUT2D eigenvalue weighted by molar-refractivity contribution is 5.44. The van der Waals surface area contributed by atoms with Crippen LogP contribution in [0.15, 0.2) is 48.5 Å². The summed E-state index contributed by atoms with van der Waals surface area (Å²) in [5.74, 6) is 2.30. The molecule has 0 radical (unpaired) electrons. The molecule has 218 valence electrons. The molecular weight excluding hydrogens is 516 g/mol. The van der Waals surface area contributed by atoms with Gasteiger partial charge in [0.1, 0.15) is 24.4 Å². The summed E-state index contributed by atoms with van der Waals surface area (Å²) in [5, 5.41) is 11.6. The third-order valence-electron chi connectivity index (χ3n) is 8.91. The van der Waals surface area contributed by atoms with E-state index in [4.69, 9.17) is 37.9 Å². The van der Waals surface area contributed by atoms with Crippen molar-refractivity contribution in [1.82, 2.24) is 0 Å². The van der Waals surface area contributed by atoms with Gasteiger partial charge in [-0.2, -0.15) is 0 Å². The molecule has 11 atom stereocenters. The van der Waals surface area contributed by atoms with E-state index in [0.717, 1.165) is 17.5 Å². The van der Waals surface area contributed by atoms with Crippen molar-refractivity contribution in [3.63, 3.8) is 0 Å². The monoisotopic (exact) mass is 556 g/mol. The molecule has 4 aliphatic rings. The van der Waals surface area contributed by atoms with Gasteiger partial charge in [0, 0.05) is 11.5 Å². The predicted molar refractivity (Wildman–Crippen MR) is 143 cm³/mol. The fourth-order valence-corrected chi connectivity index (χ4v) is 6.11. The fraction of sp³-hybridized carbons (Fsp3) is 0.613. The van der Waals surface area contributed by atoms with E-state index < -0.39 is 43.3 Å². The smallest absolute Gasteiger partial charge is 0.231 e. The number of hydrogen-bond acceptors (Lipinski definition) is 9. The first kappa shape index (κ1) is 27.9. The van der Waals surface area contributed by atoms with Gasteiger partial charge in [-0.1, -0.05) is 64.1 Å². The third kappa shape index (κ3) is 5.48. The van der Waals surface area contributed by atoms with E-state index in [1.54, 1.807) is 0 Å². The Morgan fingerprint density at radius 2 is 1.68 bits per heavy atom. The summed E-state index contributed by atoms with van der Waals surface area (Å²) in [6.07, 6.45) is -4.01. The lowest BCUT2D eigenvalue weighted by molar-refractivity contribution is -0.387. The highest BCUT2D eigenvalue weighted by atomic mass is 16.8. The zero-order valence-electron chi connectivity index (χ0n) is 23.5. The molecule has 4 aliphatic heterocycles. The van der Waals surface area contributed by atoms with E-state index in [1.165, 1.54) is 0 Å². The molecule has 0 aromatic heterocycles. The van der Waals surface area contributed by atoms with E-state index in [-0.39, 0.29) is 32.0 Å². The number of aliphatic hydroxyl groups excluding tert-OH is 1. The minimum atomic E-state index is -1.12. The van der Waals surface area contributed by atoms with Gasteiger partial charge in [-0.3, -0.25) is 0 Å². The number of aliphatic hydroxyl groups is 1. The molecule has 1 N–H and O–H groups in total. The molecule has 9 heteroatoms. The van der Waals surface area contributed by atoms with Crippen LogP contribution >= 0.6 is 0 Å². The Kier molecular flexibility index (Phi) is 8.33. The van der Waals surface area contributed by atoms with Crippen LogP contribution in [0.25, 0.3) is 0 Å². The Morgan fingerprint density at radius 1 is 0.875 bits per heavy atom. The van der Waals surface area contributed by atoms with Crippen molar-refractivity contribution < 1.29 is 43.0 Å². The van der Waals surface area contributed by atoms with Crippen LogP contribution in [0, 0.1) is 17.8 Å². The average molecular weight is 557 g/mol. The van der Waals surface area contributed by atoms with Gasteiger partial charge in [0.25, 0.3) is 0 Å². The van der Waals surface area contributed by atoms with Gasteiger partial charge in [0.15, 0.2) is 30.4 Å². The molecule has 0 spiro atoms. The maximum absolute atomic E-state index is 11.6. The van der Waals surface area contributed by atoms with Crippen molar-refractivity contribution in [1.29, 1.82) is 0 Å². The number of benzene rings is 2. The minimum Gasteiger partial charge on any atom is -0.454 e. The Hall–Kier alpha value is -2.24. The molecule has 0 bridgehead atoms. The van der Waals surface area contributed by atoms with Gasteiger partial charge < -0.3 is 43.0 Å². The summed E-state index contributed by atoms with van der Waals surface area (Å²) in [5.41, 5.74) is 1.77. The van der Waals surface area contributed by atoms with Crippen LogP contribution in [0.5, 0.6) is 11.5 Å².